The molecule has 0 fully saturated rings. The van der Waals surface area contributed by atoms with E-state index in [-0.39, 0.29) is 12.8 Å². The van der Waals surface area contributed by atoms with Crippen LogP contribution in [0.4, 0.5) is 4.79 Å². The number of thioether (sulfide) groups is 1. The Kier molecular flexibility index (Phi) is 9.95. The summed E-state index contributed by atoms with van der Waals surface area (Å²) in [4.78, 5) is 45.9. The number of carboxylic acid groups (broad SMARTS) is 2. The molecule has 0 spiro atoms. The third-order valence-electron chi connectivity index (χ3n) is 2.88. The molecule has 10 heteroatoms. The summed E-state index contributed by atoms with van der Waals surface area (Å²) in [6, 6.07) is -2.32. The molecule has 25 heavy (non-hydrogen) atoms. The van der Waals surface area contributed by atoms with E-state index in [2.05, 4.69) is 10.6 Å². The molecule has 4 N–H and O–H groups in total. The Morgan fingerprint density at radius 2 is 1.64 bits per heavy atom. The van der Waals surface area contributed by atoms with Crippen LogP contribution < -0.4 is 10.6 Å². The molecule has 0 aromatic rings. The summed E-state index contributed by atoms with van der Waals surface area (Å²) in [5.74, 6) is -2.64. The van der Waals surface area contributed by atoms with Crippen molar-refractivity contribution in [3.63, 3.8) is 0 Å². The number of ether oxygens (including phenoxy) is 1. The van der Waals surface area contributed by atoms with Crippen LogP contribution >= 0.6 is 11.8 Å². The first kappa shape index (κ1) is 23.0. The quantitative estimate of drug-likeness (QED) is 0.442. The maximum atomic E-state index is 12.3. The summed E-state index contributed by atoms with van der Waals surface area (Å²) in [5.41, 5.74) is -0.740. The second kappa shape index (κ2) is 10.8. The van der Waals surface area contributed by atoms with Crippen molar-refractivity contribution in [1.82, 2.24) is 10.6 Å². The van der Waals surface area contributed by atoms with Gasteiger partial charge in [-0.05, 0) is 45.6 Å². The molecular weight excluding hydrogens is 352 g/mol. The molecule has 0 aromatic heterocycles. The van der Waals surface area contributed by atoms with Crippen LogP contribution in [-0.4, -0.2) is 63.8 Å². The van der Waals surface area contributed by atoms with Gasteiger partial charge in [0.15, 0.2) is 0 Å². The van der Waals surface area contributed by atoms with E-state index in [0.717, 1.165) is 0 Å². The molecule has 2 amide bonds. The maximum absolute atomic E-state index is 12.3. The van der Waals surface area contributed by atoms with E-state index >= 15 is 0 Å². The lowest BCUT2D eigenvalue weighted by Gasteiger charge is -2.24. The van der Waals surface area contributed by atoms with Crippen LogP contribution in [0.1, 0.15) is 40.0 Å². The predicted octanol–water partition coefficient (Wildman–Crippen LogP) is 1.07. The lowest BCUT2D eigenvalue weighted by molar-refractivity contribution is -0.143. The molecule has 0 unspecified atom stereocenters. The number of carbonyl (C=O) groups is 4. The van der Waals surface area contributed by atoms with Crippen LogP contribution in [0.15, 0.2) is 0 Å². The zero-order valence-electron chi connectivity index (χ0n) is 14.8. The molecule has 0 saturated carbocycles. The van der Waals surface area contributed by atoms with Crippen molar-refractivity contribution in [2.45, 2.75) is 57.7 Å². The fourth-order valence-corrected chi connectivity index (χ4v) is 2.22. The van der Waals surface area contributed by atoms with E-state index in [0.29, 0.717) is 5.75 Å². The Bertz CT molecular complexity index is 491. The number of alkyl carbamates (subject to hydrolysis) is 1. The Balaban J connectivity index is 4.92. The van der Waals surface area contributed by atoms with Crippen molar-refractivity contribution in [1.29, 1.82) is 0 Å². The van der Waals surface area contributed by atoms with Gasteiger partial charge in [0.1, 0.15) is 17.7 Å². The molecule has 0 aliphatic heterocycles. The molecule has 0 rings (SSSR count). The smallest absolute Gasteiger partial charge is 0.408 e. The molecule has 2 atom stereocenters. The summed E-state index contributed by atoms with van der Waals surface area (Å²) in [6.07, 6.45) is 0.670. The molecule has 0 aliphatic carbocycles. The van der Waals surface area contributed by atoms with E-state index in [1.54, 1.807) is 20.8 Å². The topological polar surface area (TPSA) is 142 Å². The highest BCUT2D eigenvalue weighted by Gasteiger charge is 2.28. The van der Waals surface area contributed by atoms with E-state index in [1.807, 2.05) is 6.26 Å². The van der Waals surface area contributed by atoms with Crippen molar-refractivity contribution in [2.75, 3.05) is 12.0 Å². The van der Waals surface area contributed by atoms with Gasteiger partial charge in [0, 0.05) is 6.42 Å². The van der Waals surface area contributed by atoms with Gasteiger partial charge in [0.05, 0.1) is 0 Å². The van der Waals surface area contributed by atoms with Gasteiger partial charge in [0.25, 0.3) is 0 Å². The number of carbonyl (C=O) groups excluding carboxylic acids is 2. The Morgan fingerprint density at radius 3 is 2.08 bits per heavy atom. The first-order chi connectivity index (χ1) is 11.5. The van der Waals surface area contributed by atoms with Gasteiger partial charge in [-0.15, -0.1) is 0 Å². The summed E-state index contributed by atoms with van der Waals surface area (Å²) in [7, 11) is 0. The fourth-order valence-electron chi connectivity index (χ4n) is 1.75. The molecule has 0 aromatic carbocycles. The van der Waals surface area contributed by atoms with Crippen molar-refractivity contribution in [3.05, 3.63) is 0 Å². The molecule has 0 radical (unpaired) electrons. The second-order valence-corrected chi connectivity index (χ2v) is 7.30. The average molecular weight is 378 g/mol. The van der Waals surface area contributed by atoms with Gasteiger partial charge in [-0.25, -0.2) is 9.59 Å². The van der Waals surface area contributed by atoms with E-state index in [1.165, 1.54) is 11.8 Å². The Labute approximate surface area is 150 Å². The van der Waals surface area contributed by atoms with Crippen molar-refractivity contribution < 1.29 is 34.1 Å². The minimum Gasteiger partial charge on any atom is -0.481 e. The highest BCUT2D eigenvalue weighted by atomic mass is 32.2. The number of hydrogen-bond acceptors (Lipinski definition) is 6. The summed E-state index contributed by atoms with van der Waals surface area (Å²) >= 11 is 1.46. The van der Waals surface area contributed by atoms with Crippen LogP contribution in [0.25, 0.3) is 0 Å². The Hall–Kier alpha value is -1.97. The van der Waals surface area contributed by atoms with Gasteiger partial charge < -0.3 is 25.6 Å². The van der Waals surface area contributed by atoms with E-state index in [4.69, 9.17) is 14.9 Å². The molecule has 0 aliphatic rings. The van der Waals surface area contributed by atoms with Gasteiger partial charge in [0.2, 0.25) is 5.91 Å². The lowest BCUT2D eigenvalue weighted by Crippen LogP contribution is -2.52. The fraction of sp³-hybridized carbons (Fsp3) is 0.733. The van der Waals surface area contributed by atoms with Gasteiger partial charge >= 0.3 is 18.0 Å². The standard InChI is InChI=1S/C15H26N2O7S/c1-15(2,3)24-14(23)17-9(7-8-25-4)12(20)16-10(13(21)22)5-6-11(18)19/h9-10H,5-8H2,1-4H3,(H,16,20)(H,17,23)(H,18,19)(H,21,22)/t9-,10-/m0/s1. The summed E-state index contributed by atoms with van der Waals surface area (Å²) < 4.78 is 5.10. The number of nitrogens with one attached hydrogen (secondary N) is 2. The van der Waals surface area contributed by atoms with E-state index in [9.17, 15) is 19.2 Å². The van der Waals surface area contributed by atoms with Crippen LogP contribution in [-0.2, 0) is 19.1 Å². The van der Waals surface area contributed by atoms with Crippen molar-refractivity contribution in [2.24, 2.45) is 0 Å². The number of carboxylic acids is 2. The normalized spacial score (nSPS) is 13.4. The van der Waals surface area contributed by atoms with Crippen LogP contribution in [0.3, 0.4) is 0 Å². The van der Waals surface area contributed by atoms with Crippen molar-refractivity contribution >= 4 is 35.7 Å². The number of rotatable bonds is 10. The summed E-state index contributed by atoms with van der Waals surface area (Å²) in [6.45, 7) is 5.03. The second-order valence-electron chi connectivity index (χ2n) is 6.31. The zero-order chi connectivity index (χ0) is 19.6. The lowest BCUT2D eigenvalue weighted by atomic mass is 10.1. The predicted molar refractivity (Wildman–Crippen MR) is 92.6 cm³/mol. The number of hydrogen-bond donors (Lipinski definition) is 4. The molecule has 0 saturated heterocycles. The molecule has 144 valence electrons. The van der Waals surface area contributed by atoms with Crippen LogP contribution in [0.5, 0.6) is 0 Å². The van der Waals surface area contributed by atoms with E-state index < -0.39 is 48.0 Å². The highest BCUT2D eigenvalue weighted by molar-refractivity contribution is 7.98. The van der Waals surface area contributed by atoms with Crippen LogP contribution in [0, 0.1) is 0 Å². The minimum atomic E-state index is -1.35. The van der Waals surface area contributed by atoms with Crippen LogP contribution in [0.2, 0.25) is 0 Å². The van der Waals surface area contributed by atoms with Gasteiger partial charge in [-0.1, -0.05) is 0 Å². The molecule has 9 nitrogen and oxygen atoms in total. The highest BCUT2D eigenvalue weighted by Crippen LogP contribution is 2.09. The molecule has 0 bridgehead atoms. The number of amides is 2. The molecule has 0 heterocycles. The van der Waals surface area contributed by atoms with Gasteiger partial charge in [-0.3, -0.25) is 9.59 Å². The Morgan fingerprint density at radius 1 is 1.04 bits per heavy atom. The first-order valence-corrected chi connectivity index (χ1v) is 9.09. The SMILES string of the molecule is CSCC[C@H](NC(=O)OC(C)(C)C)C(=O)N[C@@H](CCC(=O)O)C(=O)O. The molecular formula is C15H26N2O7S. The zero-order valence-corrected chi connectivity index (χ0v) is 15.6. The van der Waals surface area contributed by atoms with Crippen molar-refractivity contribution in [3.8, 4) is 0 Å². The summed E-state index contributed by atoms with van der Waals surface area (Å²) in [5, 5.41) is 22.4. The average Bonchev–Trinajstić information content (AvgIpc) is 2.44. The minimum absolute atomic E-state index is 0.252. The number of aliphatic carboxylic acids is 2. The maximum Gasteiger partial charge on any atom is 0.408 e. The third kappa shape index (κ3) is 11.2. The monoisotopic (exact) mass is 378 g/mol. The first-order valence-electron chi connectivity index (χ1n) is 7.69. The largest absolute Gasteiger partial charge is 0.481 e. The third-order valence-corrected chi connectivity index (χ3v) is 3.52. The van der Waals surface area contributed by atoms with Gasteiger partial charge in [-0.2, -0.15) is 11.8 Å².